The van der Waals surface area contributed by atoms with Gasteiger partial charge in [0.05, 0.1) is 37.6 Å². The SMILES string of the molecule is CC(=O)NC[C@H]1CN(c2ccc(N3CCOC(O)C3)c(F)c2)C(=O)O1. The average molecular weight is 353 g/mol. The number of halogens is 1. The summed E-state index contributed by atoms with van der Waals surface area (Å²) in [7, 11) is 0. The first-order chi connectivity index (χ1) is 11.9. The lowest BCUT2D eigenvalue weighted by Gasteiger charge is -2.32. The summed E-state index contributed by atoms with van der Waals surface area (Å²) >= 11 is 0. The van der Waals surface area contributed by atoms with E-state index < -0.39 is 24.3 Å². The van der Waals surface area contributed by atoms with Gasteiger partial charge < -0.3 is 24.8 Å². The molecule has 2 amide bonds. The van der Waals surface area contributed by atoms with Gasteiger partial charge in [-0.15, -0.1) is 0 Å². The Hall–Kier alpha value is -2.39. The van der Waals surface area contributed by atoms with E-state index >= 15 is 0 Å². The summed E-state index contributed by atoms with van der Waals surface area (Å²) in [5, 5.41) is 12.1. The fraction of sp³-hybridized carbons (Fsp3) is 0.500. The number of hydrogen-bond acceptors (Lipinski definition) is 6. The van der Waals surface area contributed by atoms with E-state index in [9.17, 15) is 19.1 Å². The lowest BCUT2D eigenvalue weighted by atomic mass is 10.2. The molecular weight excluding hydrogens is 333 g/mol. The van der Waals surface area contributed by atoms with Gasteiger partial charge in [-0.05, 0) is 18.2 Å². The predicted molar refractivity (Wildman–Crippen MR) is 86.9 cm³/mol. The third-order valence-corrected chi connectivity index (χ3v) is 4.08. The maximum atomic E-state index is 14.5. The standard InChI is InChI=1S/C16H20FN3O5/c1-10(21)18-7-12-8-20(16(23)25-12)11-2-3-14(13(17)6-11)19-4-5-24-15(22)9-19/h2-3,6,12,15,22H,4-5,7-9H2,1H3,(H,18,21)/t12-,15?/m0/s1. The number of amides is 2. The first-order valence-corrected chi connectivity index (χ1v) is 8.01. The van der Waals surface area contributed by atoms with Crippen LogP contribution in [-0.2, 0) is 14.3 Å². The van der Waals surface area contributed by atoms with Crippen LogP contribution in [0, 0.1) is 5.82 Å². The molecule has 136 valence electrons. The quantitative estimate of drug-likeness (QED) is 0.816. The summed E-state index contributed by atoms with van der Waals surface area (Å²) in [6.07, 6.45) is -2.01. The Labute approximate surface area is 144 Å². The van der Waals surface area contributed by atoms with Crippen LogP contribution in [0.1, 0.15) is 6.92 Å². The Morgan fingerprint density at radius 2 is 2.24 bits per heavy atom. The van der Waals surface area contributed by atoms with Crippen LogP contribution >= 0.6 is 0 Å². The fourth-order valence-electron chi connectivity index (χ4n) is 2.87. The highest BCUT2D eigenvalue weighted by Gasteiger charge is 2.33. The minimum Gasteiger partial charge on any atom is -0.442 e. The van der Waals surface area contributed by atoms with E-state index in [1.807, 2.05) is 0 Å². The number of carbonyl (C=O) groups excluding carboxylic acids is 2. The van der Waals surface area contributed by atoms with E-state index in [-0.39, 0.29) is 25.5 Å². The van der Waals surface area contributed by atoms with Gasteiger partial charge in [0.15, 0.2) is 6.29 Å². The first-order valence-electron chi connectivity index (χ1n) is 8.01. The van der Waals surface area contributed by atoms with Crippen molar-refractivity contribution in [2.24, 2.45) is 0 Å². The number of β-amino-alcohol motifs (C(OH)–C–C–N with tert-alkyl or cyclic N) is 1. The molecule has 2 heterocycles. The Bertz CT molecular complexity index is 671. The number of benzene rings is 1. The number of carbonyl (C=O) groups is 2. The summed E-state index contributed by atoms with van der Waals surface area (Å²) in [6.45, 7) is 2.79. The molecule has 0 radical (unpaired) electrons. The lowest BCUT2D eigenvalue weighted by Crippen LogP contribution is -2.42. The van der Waals surface area contributed by atoms with Crippen molar-refractivity contribution in [3.63, 3.8) is 0 Å². The van der Waals surface area contributed by atoms with Crippen molar-refractivity contribution in [3.8, 4) is 0 Å². The number of hydrogen-bond donors (Lipinski definition) is 2. The molecule has 0 spiro atoms. The molecule has 2 saturated heterocycles. The minimum absolute atomic E-state index is 0.181. The molecule has 2 atom stereocenters. The lowest BCUT2D eigenvalue weighted by molar-refractivity contribution is -0.119. The Morgan fingerprint density at radius 1 is 1.44 bits per heavy atom. The van der Waals surface area contributed by atoms with Crippen LogP contribution in [-0.4, -0.2) is 62.3 Å². The highest BCUT2D eigenvalue weighted by atomic mass is 19.1. The Kier molecular flexibility index (Phi) is 5.05. The van der Waals surface area contributed by atoms with Crippen LogP contribution in [0.5, 0.6) is 0 Å². The van der Waals surface area contributed by atoms with Gasteiger partial charge in [-0.3, -0.25) is 9.69 Å². The molecule has 2 aliphatic rings. The number of nitrogens with one attached hydrogen (secondary N) is 1. The molecule has 2 N–H and O–H groups in total. The van der Waals surface area contributed by atoms with Gasteiger partial charge >= 0.3 is 6.09 Å². The van der Waals surface area contributed by atoms with Gasteiger partial charge in [0.2, 0.25) is 5.91 Å². The van der Waals surface area contributed by atoms with Crippen LogP contribution in [0.15, 0.2) is 18.2 Å². The second-order valence-corrected chi connectivity index (χ2v) is 5.96. The number of aliphatic hydroxyl groups is 1. The van der Waals surface area contributed by atoms with E-state index in [1.165, 1.54) is 17.9 Å². The van der Waals surface area contributed by atoms with Crippen molar-refractivity contribution in [3.05, 3.63) is 24.0 Å². The first kappa shape index (κ1) is 17.4. The van der Waals surface area contributed by atoms with Crippen molar-refractivity contribution in [2.75, 3.05) is 42.6 Å². The molecule has 0 aliphatic carbocycles. The third kappa shape index (κ3) is 3.99. The van der Waals surface area contributed by atoms with Crippen LogP contribution < -0.4 is 15.1 Å². The Balaban J connectivity index is 1.70. The van der Waals surface area contributed by atoms with Gasteiger partial charge in [0, 0.05) is 13.5 Å². The molecule has 0 bridgehead atoms. The molecule has 0 aromatic heterocycles. The average Bonchev–Trinajstić information content (AvgIpc) is 2.94. The van der Waals surface area contributed by atoms with E-state index in [0.29, 0.717) is 24.5 Å². The number of ether oxygens (including phenoxy) is 2. The Morgan fingerprint density at radius 3 is 2.92 bits per heavy atom. The second kappa shape index (κ2) is 7.24. The summed E-state index contributed by atoms with van der Waals surface area (Å²) in [5.41, 5.74) is 0.721. The molecule has 3 rings (SSSR count). The number of anilines is 2. The van der Waals surface area contributed by atoms with Gasteiger partial charge in [0.1, 0.15) is 11.9 Å². The maximum absolute atomic E-state index is 14.5. The number of rotatable bonds is 4. The summed E-state index contributed by atoms with van der Waals surface area (Å²) in [5.74, 6) is -0.706. The topological polar surface area (TPSA) is 91.3 Å². The van der Waals surface area contributed by atoms with Crippen LogP contribution in [0.4, 0.5) is 20.6 Å². The number of nitrogens with zero attached hydrogens (tertiary/aromatic N) is 2. The molecule has 1 aromatic carbocycles. The molecule has 1 aromatic rings. The second-order valence-electron chi connectivity index (χ2n) is 5.96. The van der Waals surface area contributed by atoms with Gasteiger partial charge in [-0.25, -0.2) is 9.18 Å². The summed E-state index contributed by atoms with van der Waals surface area (Å²) in [4.78, 5) is 25.9. The van der Waals surface area contributed by atoms with Crippen LogP contribution in [0.3, 0.4) is 0 Å². The van der Waals surface area contributed by atoms with Crippen LogP contribution in [0.25, 0.3) is 0 Å². The molecule has 25 heavy (non-hydrogen) atoms. The van der Waals surface area contributed by atoms with Crippen molar-refractivity contribution < 1.29 is 28.6 Å². The molecule has 1 unspecified atom stereocenters. The molecular formula is C16H20FN3O5. The normalized spacial score (nSPS) is 23.6. The summed E-state index contributed by atoms with van der Waals surface area (Å²) in [6, 6.07) is 4.46. The molecule has 2 fully saturated rings. The molecule has 8 nitrogen and oxygen atoms in total. The van der Waals surface area contributed by atoms with Crippen LogP contribution in [0.2, 0.25) is 0 Å². The smallest absolute Gasteiger partial charge is 0.414 e. The number of aliphatic hydroxyl groups excluding tert-OH is 1. The van der Waals surface area contributed by atoms with Crippen molar-refractivity contribution in [1.82, 2.24) is 5.32 Å². The molecule has 0 saturated carbocycles. The summed E-state index contributed by atoms with van der Waals surface area (Å²) < 4.78 is 24.7. The number of morpholine rings is 1. The van der Waals surface area contributed by atoms with Crippen molar-refractivity contribution in [1.29, 1.82) is 0 Å². The zero-order valence-electron chi connectivity index (χ0n) is 13.8. The fourth-order valence-corrected chi connectivity index (χ4v) is 2.87. The van der Waals surface area contributed by atoms with Crippen molar-refractivity contribution >= 4 is 23.4 Å². The highest BCUT2D eigenvalue weighted by Crippen LogP contribution is 2.28. The maximum Gasteiger partial charge on any atom is 0.414 e. The van der Waals surface area contributed by atoms with E-state index in [4.69, 9.17) is 9.47 Å². The highest BCUT2D eigenvalue weighted by molar-refractivity contribution is 5.90. The van der Waals surface area contributed by atoms with E-state index in [1.54, 1.807) is 17.0 Å². The van der Waals surface area contributed by atoms with Crippen molar-refractivity contribution in [2.45, 2.75) is 19.3 Å². The minimum atomic E-state index is -0.948. The molecule has 2 aliphatic heterocycles. The zero-order valence-corrected chi connectivity index (χ0v) is 13.8. The van der Waals surface area contributed by atoms with E-state index in [2.05, 4.69) is 5.32 Å². The van der Waals surface area contributed by atoms with E-state index in [0.717, 1.165) is 0 Å². The largest absolute Gasteiger partial charge is 0.442 e. The van der Waals surface area contributed by atoms with Gasteiger partial charge in [0.25, 0.3) is 0 Å². The zero-order chi connectivity index (χ0) is 18.0. The molecule has 9 heteroatoms. The monoisotopic (exact) mass is 353 g/mol. The number of cyclic esters (lactones) is 1. The third-order valence-electron chi connectivity index (χ3n) is 4.08. The van der Waals surface area contributed by atoms with Gasteiger partial charge in [-0.2, -0.15) is 0 Å². The predicted octanol–water partition coefficient (Wildman–Crippen LogP) is 0.442. The van der Waals surface area contributed by atoms with Gasteiger partial charge in [-0.1, -0.05) is 0 Å².